The first kappa shape index (κ1) is 23.3. The lowest BCUT2D eigenvalue weighted by molar-refractivity contribution is -0.301. The third-order valence-electron chi connectivity index (χ3n) is 4.26. The molecule has 2 rings (SSSR count). The van der Waals surface area contributed by atoms with Gasteiger partial charge in [0.05, 0.1) is 13.2 Å². The first-order valence-corrected chi connectivity index (χ1v) is 8.43. The van der Waals surface area contributed by atoms with Crippen LogP contribution in [0.25, 0.3) is 0 Å². The molecule has 9 nitrogen and oxygen atoms in total. The highest BCUT2D eigenvalue weighted by molar-refractivity contribution is 5.95. The van der Waals surface area contributed by atoms with Crippen molar-refractivity contribution in [3.8, 4) is 0 Å². The quantitative estimate of drug-likeness (QED) is 0.136. The van der Waals surface area contributed by atoms with Gasteiger partial charge in [0.25, 0.3) is 5.91 Å². The Morgan fingerprint density at radius 2 is 1.62 bits per heavy atom. The number of aliphatic hydroxyl groups is 4. The third kappa shape index (κ3) is 4.76. The van der Waals surface area contributed by atoms with E-state index in [-0.39, 0.29) is 19.6 Å². The number of hydrogen-bond donors (Lipinski definition) is 6. The highest BCUT2D eigenvalue weighted by atomic mass is 19.2. The number of aliphatic hydroxyl groups excluding tert-OH is 4. The van der Waals surface area contributed by atoms with Crippen LogP contribution < -0.4 is 11.1 Å². The predicted molar refractivity (Wildman–Crippen MR) is 87.4 cm³/mol. The number of nitrogens with two attached hydrogens (primary N) is 1. The second-order valence-electron chi connectivity index (χ2n) is 6.22. The van der Waals surface area contributed by atoms with E-state index in [1.165, 1.54) is 0 Å². The number of benzene rings is 1. The lowest BCUT2D eigenvalue weighted by Crippen LogP contribution is -2.59. The first-order chi connectivity index (χ1) is 13.6. The van der Waals surface area contributed by atoms with Crippen molar-refractivity contribution in [1.29, 1.82) is 0 Å². The number of amides is 1. The van der Waals surface area contributed by atoms with Gasteiger partial charge in [-0.25, -0.2) is 17.6 Å². The Balaban J connectivity index is 1.86. The Labute approximate surface area is 161 Å². The van der Waals surface area contributed by atoms with E-state index < -0.39 is 77.7 Å². The zero-order valence-corrected chi connectivity index (χ0v) is 14.8. The second-order valence-corrected chi connectivity index (χ2v) is 6.22. The van der Waals surface area contributed by atoms with Gasteiger partial charge in [-0.3, -0.25) is 4.79 Å². The number of halogens is 4. The molecular weight excluding hydrogens is 408 g/mol. The lowest BCUT2D eigenvalue weighted by atomic mass is 9.99. The van der Waals surface area contributed by atoms with Crippen LogP contribution in [0.15, 0.2) is 0 Å². The summed E-state index contributed by atoms with van der Waals surface area (Å²) in [5.74, 6) is -9.07. The largest absolute Gasteiger partial charge is 0.394 e. The smallest absolute Gasteiger partial charge is 0.257 e. The molecule has 13 heteroatoms. The van der Waals surface area contributed by atoms with E-state index in [1.807, 2.05) is 5.32 Å². The lowest BCUT2D eigenvalue weighted by Gasteiger charge is -2.39. The van der Waals surface area contributed by atoms with E-state index in [9.17, 15) is 37.7 Å². The number of carbonyl (C=O) groups excluding carboxylic acids is 1. The number of anilines is 1. The number of rotatable bonds is 7. The summed E-state index contributed by atoms with van der Waals surface area (Å²) >= 11 is 0. The molecule has 1 saturated heterocycles. The van der Waals surface area contributed by atoms with Gasteiger partial charge in [0.2, 0.25) is 0 Å². The van der Waals surface area contributed by atoms with Crippen molar-refractivity contribution in [2.75, 3.05) is 25.5 Å². The molecule has 164 valence electrons. The molecule has 1 aromatic carbocycles. The summed E-state index contributed by atoms with van der Waals surface area (Å²) in [4.78, 5) is 11.8. The van der Waals surface area contributed by atoms with Crippen LogP contribution >= 0.6 is 0 Å². The standard InChI is InChI=1S/C16H20F4N2O7/c17-7-6(8(18)10(20)11(21)9(7)19)15(27)22-2-1-3-28-16-14(26)13(25)12(24)5(4-23)29-16/h5,12-14,16,23-26H,1-4,21H2,(H,22,27)/t5-,12-,13+,14-,16-/m1/s1. The maximum Gasteiger partial charge on any atom is 0.257 e. The molecule has 1 heterocycles. The van der Waals surface area contributed by atoms with Crippen molar-refractivity contribution < 1.29 is 52.3 Å². The fraction of sp³-hybridized carbons (Fsp3) is 0.562. The molecule has 1 aromatic rings. The molecule has 1 fully saturated rings. The molecule has 0 radical (unpaired) electrons. The van der Waals surface area contributed by atoms with E-state index >= 15 is 0 Å². The number of ether oxygens (including phenoxy) is 2. The van der Waals surface area contributed by atoms with Gasteiger partial charge in [0.1, 0.15) is 35.7 Å². The summed E-state index contributed by atoms with van der Waals surface area (Å²) in [6.45, 7) is -1.09. The summed E-state index contributed by atoms with van der Waals surface area (Å²) < 4.78 is 64.4. The van der Waals surface area contributed by atoms with Crippen molar-refractivity contribution in [3.05, 3.63) is 28.8 Å². The predicted octanol–water partition coefficient (Wildman–Crippen LogP) is -1.24. The Kier molecular flexibility index (Phi) is 7.73. The van der Waals surface area contributed by atoms with Crippen LogP contribution in [0.5, 0.6) is 0 Å². The fourth-order valence-electron chi connectivity index (χ4n) is 2.62. The van der Waals surface area contributed by atoms with Gasteiger partial charge < -0.3 is 41.0 Å². The van der Waals surface area contributed by atoms with Gasteiger partial charge in [0, 0.05) is 6.54 Å². The van der Waals surface area contributed by atoms with Crippen LogP contribution in [0.1, 0.15) is 16.8 Å². The SMILES string of the molecule is Nc1c(F)c(F)c(C(=O)NCCCO[C@@H]2O[C@H](CO)[C@@H](O)[C@H](O)[C@H]2O)c(F)c1F. The van der Waals surface area contributed by atoms with Crippen molar-refractivity contribution in [2.24, 2.45) is 0 Å². The minimum Gasteiger partial charge on any atom is -0.394 e. The minimum atomic E-state index is -1.93. The number of carbonyl (C=O) groups is 1. The zero-order chi connectivity index (χ0) is 21.9. The van der Waals surface area contributed by atoms with Crippen LogP contribution in [0.3, 0.4) is 0 Å². The van der Waals surface area contributed by atoms with Crippen molar-refractivity contribution in [3.63, 3.8) is 0 Å². The molecule has 7 N–H and O–H groups in total. The summed E-state index contributed by atoms with van der Waals surface area (Å²) in [5.41, 5.74) is 2.00. The van der Waals surface area contributed by atoms with Crippen LogP contribution in [-0.2, 0) is 9.47 Å². The van der Waals surface area contributed by atoms with E-state index in [0.29, 0.717) is 0 Å². The van der Waals surface area contributed by atoms with Crippen LogP contribution in [-0.4, -0.2) is 76.8 Å². The average Bonchev–Trinajstić information content (AvgIpc) is 2.70. The van der Waals surface area contributed by atoms with E-state index in [1.54, 1.807) is 0 Å². The Morgan fingerprint density at radius 3 is 2.17 bits per heavy atom. The number of nitrogens with one attached hydrogen (secondary N) is 1. The Bertz CT molecular complexity index is 723. The molecule has 0 saturated carbocycles. The van der Waals surface area contributed by atoms with E-state index in [4.69, 9.17) is 20.3 Å². The van der Waals surface area contributed by atoms with Crippen molar-refractivity contribution >= 4 is 11.6 Å². The van der Waals surface area contributed by atoms with Gasteiger partial charge in [0.15, 0.2) is 29.6 Å². The summed E-state index contributed by atoms with van der Waals surface area (Å²) in [5, 5.41) is 40.1. The maximum absolute atomic E-state index is 13.7. The molecule has 0 bridgehead atoms. The van der Waals surface area contributed by atoms with Crippen LogP contribution in [0.2, 0.25) is 0 Å². The average molecular weight is 428 g/mol. The fourth-order valence-corrected chi connectivity index (χ4v) is 2.62. The first-order valence-electron chi connectivity index (χ1n) is 8.43. The summed E-state index contributed by atoms with van der Waals surface area (Å²) in [6.07, 6.45) is -7.36. The molecule has 0 spiro atoms. The molecule has 0 unspecified atom stereocenters. The molecule has 5 atom stereocenters. The molecular formula is C16H20F4N2O7. The third-order valence-corrected chi connectivity index (χ3v) is 4.26. The number of hydrogen-bond acceptors (Lipinski definition) is 8. The molecule has 1 amide bonds. The van der Waals surface area contributed by atoms with Crippen molar-refractivity contribution in [1.82, 2.24) is 5.32 Å². The highest BCUT2D eigenvalue weighted by Crippen LogP contribution is 2.26. The van der Waals surface area contributed by atoms with Crippen molar-refractivity contribution in [2.45, 2.75) is 37.1 Å². The minimum absolute atomic E-state index is 0.00390. The topological polar surface area (TPSA) is 154 Å². The Hall–Kier alpha value is -2.03. The van der Waals surface area contributed by atoms with Gasteiger partial charge in [-0.1, -0.05) is 0 Å². The summed E-state index contributed by atoms with van der Waals surface area (Å²) in [6, 6.07) is 0. The molecule has 0 aliphatic carbocycles. The van der Waals surface area contributed by atoms with Gasteiger partial charge in [-0.15, -0.1) is 0 Å². The normalized spacial score (nSPS) is 27.1. The van der Waals surface area contributed by atoms with Gasteiger partial charge in [-0.2, -0.15) is 0 Å². The van der Waals surface area contributed by atoms with Crippen LogP contribution in [0.4, 0.5) is 23.2 Å². The molecule has 29 heavy (non-hydrogen) atoms. The van der Waals surface area contributed by atoms with E-state index in [0.717, 1.165) is 0 Å². The molecule has 0 aromatic heterocycles. The van der Waals surface area contributed by atoms with E-state index in [2.05, 4.69) is 0 Å². The number of nitrogen functional groups attached to an aromatic ring is 1. The monoisotopic (exact) mass is 428 g/mol. The maximum atomic E-state index is 13.7. The second kappa shape index (κ2) is 9.65. The van der Waals surface area contributed by atoms with Crippen LogP contribution in [0, 0.1) is 23.3 Å². The molecule has 1 aliphatic heterocycles. The highest BCUT2D eigenvalue weighted by Gasteiger charge is 2.43. The van der Waals surface area contributed by atoms with Gasteiger partial charge in [-0.05, 0) is 6.42 Å². The Morgan fingerprint density at radius 1 is 1.03 bits per heavy atom. The zero-order valence-electron chi connectivity index (χ0n) is 14.8. The van der Waals surface area contributed by atoms with Gasteiger partial charge >= 0.3 is 0 Å². The molecule has 1 aliphatic rings. The summed E-state index contributed by atoms with van der Waals surface area (Å²) in [7, 11) is 0.